The Kier molecular flexibility index (Phi) is 20.9. The van der Waals surface area contributed by atoms with E-state index in [0.717, 1.165) is 19.4 Å². The molecule has 0 atom stereocenters. The molecule has 0 radical (unpaired) electrons. The Balaban J connectivity index is 3.12. The Bertz CT molecular complexity index is 354. The SMILES string of the molecule is CCCCCCCCCC#CNCCCCCCCCC#CCN. The summed E-state index contributed by atoms with van der Waals surface area (Å²) in [6.45, 7) is 3.80. The van der Waals surface area contributed by atoms with Crippen LogP contribution in [0.2, 0.25) is 0 Å². The van der Waals surface area contributed by atoms with Crippen molar-refractivity contribution in [2.75, 3.05) is 13.1 Å². The van der Waals surface area contributed by atoms with Crippen LogP contribution in [0.1, 0.15) is 103 Å². The molecule has 0 aromatic rings. The molecule has 2 nitrogen and oxygen atoms in total. The molecule has 0 aromatic heterocycles. The highest BCUT2D eigenvalue weighted by Gasteiger charge is 1.91. The molecule has 24 heavy (non-hydrogen) atoms. The molecule has 0 aliphatic rings. The van der Waals surface area contributed by atoms with Crippen molar-refractivity contribution in [1.29, 1.82) is 0 Å². The Labute approximate surface area is 151 Å². The number of nitrogens with two attached hydrogens (primary N) is 1. The van der Waals surface area contributed by atoms with Gasteiger partial charge in [-0.05, 0) is 19.3 Å². The maximum absolute atomic E-state index is 5.32. The summed E-state index contributed by atoms with van der Waals surface area (Å²) in [5.74, 6) is 9.24. The van der Waals surface area contributed by atoms with Gasteiger partial charge in [-0.25, -0.2) is 0 Å². The van der Waals surface area contributed by atoms with E-state index in [1.54, 1.807) is 0 Å². The quantitative estimate of drug-likeness (QED) is 0.240. The van der Waals surface area contributed by atoms with Crippen LogP contribution < -0.4 is 11.1 Å². The van der Waals surface area contributed by atoms with Gasteiger partial charge < -0.3 is 11.1 Å². The largest absolute Gasteiger partial charge is 0.346 e. The van der Waals surface area contributed by atoms with E-state index in [1.165, 1.54) is 83.5 Å². The third kappa shape index (κ3) is 20.9. The lowest BCUT2D eigenvalue weighted by molar-refractivity contribution is 0.591. The minimum absolute atomic E-state index is 0.495. The van der Waals surface area contributed by atoms with Crippen molar-refractivity contribution in [3.63, 3.8) is 0 Å². The molecule has 0 heterocycles. The average molecular weight is 333 g/mol. The van der Waals surface area contributed by atoms with Crippen LogP contribution in [0, 0.1) is 23.8 Å². The van der Waals surface area contributed by atoms with Crippen LogP contribution in [-0.2, 0) is 0 Å². The fourth-order valence-corrected chi connectivity index (χ4v) is 2.65. The van der Waals surface area contributed by atoms with Crippen LogP contribution in [-0.4, -0.2) is 13.1 Å². The van der Waals surface area contributed by atoms with Crippen LogP contribution >= 0.6 is 0 Å². The fourth-order valence-electron chi connectivity index (χ4n) is 2.65. The van der Waals surface area contributed by atoms with E-state index < -0.39 is 0 Å². The zero-order valence-corrected chi connectivity index (χ0v) is 16.1. The maximum atomic E-state index is 5.32. The minimum Gasteiger partial charge on any atom is -0.346 e. The van der Waals surface area contributed by atoms with Gasteiger partial charge in [0.1, 0.15) is 0 Å². The first-order chi connectivity index (χ1) is 11.9. The number of hydrogen-bond acceptors (Lipinski definition) is 2. The Morgan fingerprint density at radius 3 is 1.79 bits per heavy atom. The Morgan fingerprint density at radius 2 is 1.17 bits per heavy atom. The molecule has 2 heteroatoms. The molecule has 0 saturated carbocycles. The summed E-state index contributed by atoms with van der Waals surface area (Å²) < 4.78 is 0. The third-order valence-corrected chi connectivity index (χ3v) is 4.16. The smallest absolute Gasteiger partial charge is 0.0551 e. The zero-order chi connectivity index (χ0) is 17.6. The highest BCUT2D eigenvalue weighted by Crippen LogP contribution is 2.08. The van der Waals surface area contributed by atoms with Gasteiger partial charge in [0.25, 0.3) is 0 Å². The molecule has 0 aliphatic heterocycles. The summed E-state index contributed by atoms with van der Waals surface area (Å²) in [6.07, 6.45) is 19.3. The lowest BCUT2D eigenvalue weighted by Gasteiger charge is -2.00. The topological polar surface area (TPSA) is 38.0 Å². The van der Waals surface area contributed by atoms with Crippen LogP contribution in [0.4, 0.5) is 0 Å². The normalized spacial score (nSPS) is 9.75. The number of nitrogens with one attached hydrogen (secondary N) is 1. The highest BCUT2D eigenvalue weighted by atomic mass is 14.8. The molecule has 0 spiro atoms. The van der Waals surface area contributed by atoms with Crippen molar-refractivity contribution in [3.05, 3.63) is 0 Å². The van der Waals surface area contributed by atoms with Crippen LogP contribution in [0.3, 0.4) is 0 Å². The fraction of sp³-hybridized carbons (Fsp3) is 0.818. The first kappa shape index (κ1) is 22.9. The molecule has 0 bridgehead atoms. The van der Waals surface area contributed by atoms with Crippen molar-refractivity contribution in [1.82, 2.24) is 5.32 Å². The van der Waals surface area contributed by atoms with Crippen molar-refractivity contribution in [2.24, 2.45) is 5.73 Å². The molecule has 0 amide bonds. The maximum Gasteiger partial charge on any atom is 0.0551 e. The first-order valence-corrected chi connectivity index (χ1v) is 10.3. The van der Waals surface area contributed by atoms with Crippen molar-refractivity contribution >= 4 is 0 Å². The minimum atomic E-state index is 0.495. The van der Waals surface area contributed by atoms with E-state index in [9.17, 15) is 0 Å². The summed E-state index contributed by atoms with van der Waals surface area (Å²) in [5.41, 5.74) is 5.32. The van der Waals surface area contributed by atoms with E-state index in [-0.39, 0.29) is 0 Å². The van der Waals surface area contributed by atoms with Gasteiger partial charge in [0.2, 0.25) is 0 Å². The molecule has 0 fully saturated rings. The second kappa shape index (κ2) is 21.9. The van der Waals surface area contributed by atoms with Crippen molar-refractivity contribution < 1.29 is 0 Å². The van der Waals surface area contributed by atoms with E-state index in [0.29, 0.717) is 6.54 Å². The number of hydrogen-bond donors (Lipinski definition) is 2. The lowest BCUT2D eigenvalue weighted by Crippen LogP contribution is -2.07. The number of unbranched alkanes of at least 4 members (excludes halogenated alkanes) is 13. The second-order valence-corrected chi connectivity index (χ2v) is 6.53. The molecule has 0 rings (SSSR count). The molecule has 0 aromatic carbocycles. The Morgan fingerprint density at radius 1 is 0.625 bits per heavy atom. The summed E-state index contributed by atoms with van der Waals surface area (Å²) in [7, 11) is 0. The van der Waals surface area contributed by atoms with E-state index >= 15 is 0 Å². The first-order valence-electron chi connectivity index (χ1n) is 10.3. The molecule has 0 unspecified atom stereocenters. The second-order valence-electron chi connectivity index (χ2n) is 6.53. The standard InChI is InChI=1S/C22H40N2/c1-2-3-4-5-6-9-12-15-18-21-24-22-19-16-13-10-7-8-11-14-17-20-23/h24H,2-13,15-16,19-20,22-23H2,1H3. The van der Waals surface area contributed by atoms with Gasteiger partial charge in [0, 0.05) is 25.4 Å². The van der Waals surface area contributed by atoms with E-state index in [2.05, 4.69) is 36.0 Å². The summed E-state index contributed by atoms with van der Waals surface area (Å²) >= 11 is 0. The van der Waals surface area contributed by atoms with Gasteiger partial charge in [0.05, 0.1) is 6.54 Å². The summed E-state index contributed by atoms with van der Waals surface area (Å²) in [6, 6.07) is 3.10. The van der Waals surface area contributed by atoms with Gasteiger partial charge in [-0.3, -0.25) is 0 Å². The molecule has 138 valence electrons. The molecular formula is C22H40N2. The van der Waals surface area contributed by atoms with Crippen molar-refractivity contribution in [2.45, 2.75) is 103 Å². The molecule has 3 N–H and O–H groups in total. The third-order valence-electron chi connectivity index (χ3n) is 4.16. The van der Waals surface area contributed by atoms with E-state index in [1.807, 2.05) is 0 Å². The van der Waals surface area contributed by atoms with Crippen LogP contribution in [0.25, 0.3) is 0 Å². The van der Waals surface area contributed by atoms with E-state index in [4.69, 9.17) is 5.73 Å². The van der Waals surface area contributed by atoms with Gasteiger partial charge in [-0.1, -0.05) is 83.0 Å². The summed E-state index contributed by atoms with van der Waals surface area (Å²) in [4.78, 5) is 0. The Hall–Kier alpha value is -1.12. The predicted molar refractivity (Wildman–Crippen MR) is 108 cm³/mol. The van der Waals surface area contributed by atoms with Crippen LogP contribution in [0.5, 0.6) is 0 Å². The lowest BCUT2D eigenvalue weighted by atomic mass is 10.1. The van der Waals surface area contributed by atoms with Gasteiger partial charge in [-0.15, -0.1) is 5.92 Å². The van der Waals surface area contributed by atoms with Crippen molar-refractivity contribution in [3.8, 4) is 23.8 Å². The monoisotopic (exact) mass is 332 g/mol. The predicted octanol–water partition coefficient (Wildman–Crippen LogP) is 5.37. The molecule has 0 aliphatic carbocycles. The van der Waals surface area contributed by atoms with Gasteiger partial charge in [-0.2, -0.15) is 0 Å². The summed E-state index contributed by atoms with van der Waals surface area (Å²) in [5, 5.41) is 3.24. The molecular weight excluding hydrogens is 292 g/mol. The number of rotatable bonds is 15. The van der Waals surface area contributed by atoms with Crippen LogP contribution in [0.15, 0.2) is 0 Å². The van der Waals surface area contributed by atoms with Gasteiger partial charge >= 0.3 is 0 Å². The average Bonchev–Trinajstić information content (AvgIpc) is 2.60. The van der Waals surface area contributed by atoms with Gasteiger partial charge in [0.15, 0.2) is 0 Å². The molecule has 0 saturated heterocycles. The highest BCUT2D eigenvalue weighted by molar-refractivity contribution is 4.99. The zero-order valence-electron chi connectivity index (χ0n) is 16.1.